The third-order valence-electron chi connectivity index (χ3n) is 2.45. The summed E-state index contributed by atoms with van der Waals surface area (Å²) in [5.41, 5.74) is 3.91. The van der Waals surface area contributed by atoms with Crippen molar-refractivity contribution in [3.63, 3.8) is 0 Å². The van der Waals surface area contributed by atoms with Gasteiger partial charge in [-0.1, -0.05) is 12.1 Å². The SMILES string of the molecule is Cc1cccc2c1oc1cccnc12. The van der Waals surface area contributed by atoms with E-state index in [1.54, 1.807) is 6.20 Å². The van der Waals surface area contributed by atoms with Crippen LogP contribution >= 0.6 is 0 Å². The summed E-state index contributed by atoms with van der Waals surface area (Å²) in [5, 5.41) is 1.10. The van der Waals surface area contributed by atoms with Gasteiger partial charge in [0.05, 0.1) is 0 Å². The number of para-hydroxylation sites is 1. The van der Waals surface area contributed by atoms with Crippen molar-refractivity contribution < 1.29 is 4.42 Å². The lowest BCUT2D eigenvalue weighted by molar-refractivity contribution is 0.665. The van der Waals surface area contributed by atoms with Gasteiger partial charge in [-0.25, -0.2) is 0 Å². The van der Waals surface area contributed by atoms with Crippen LogP contribution in [0.25, 0.3) is 22.1 Å². The summed E-state index contributed by atoms with van der Waals surface area (Å²) in [4.78, 5) is 4.32. The molecule has 0 unspecified atom stereocenters. The van der Waals surface area contributed by atoms with Crippen molar-refractivity contribution in [1.29, 1.82) is 0 Å². The number of hydrogen-bond acceptors (Lipinski definition) is 2. The van der Waals surface area contributed by atoms with Gasteiger partial charge in [-0.15, -0.1) is 0 Å². The highest BCUT2D eigenvalue weighted by Crippen LogP contribution is 2.28. The molecule has 0 aliphatic heterocycles. The minimum absolute atomic E-state index is 0.858. The van der Waals surface area contributed by atoms with Crippen LogP contribution in [0, 0.1) is 6.92 Å². The van der Waals surface area contributed by atoms with Crippen molar-refractivity contribution in [3.05, 3.63) is 42.1 Å². The molecule has 2 nitrogen and oxygen atoms in total. The molecule has 0 amide bonds. The zero-order valence-corrected chi connectivity index (χ0v) is 7.82. The van der Waals surface area contributed by atoms with E-state index in [0.29, 0.717) is 0 Å². The lowest BCUT2D eigenvalue weighted by atomic mass is 10.1. The molecule has 2 heterocycles. The standard InChI is InChI=1S/C12H9NO/c1-8-4-2-5-9-11-10(14-12(8)9)6-3-7-13-11/h2-7H,1H3. The summed E-state index contributed by atoms with van der Waals surface area (Å²) in [7, 11) is 0. The minimum Gasteiger partial charge on any atom is -0.454 e. The van der Waals surface area contributed by atoms with E-state index in [9.17, 15) is 0 Å². The Morgan fingerprint density at radius 2 is 2.07 bits per heavy atom. The van der Waals surface area contributed by atoms with Gasteiger partial charge in [0.15, 0.2) is 5.58 Å². The predicted molar refractivity (Wildman–Crippen MR) is 56.3 cm³/mol. The average Bonchev–Trinajstić information content (AvgIpc) is 2.59. The monoisotopic (exact) mass is 183 g/mol. The van der Waals surface area contributed by atoms with Gasteiger partial charge in [0.2, 0.25) is 0 Å². The maximum Gasteiger partial charge on any atom is 0.153 e. The number of hydrogen-bond donors (Lipinski definition) is 0. The number of aryl methyl sites for hydroxylation is 1. The van der Waals surface area contributed by atoms with E-state index >= 15 is 0 Å². The zero-order chi connectivity index (χ0) is 9.54. The Bertz CT molecular complexity index is 610. The van der Waals surface area contributed by atoms with Crippen LogP contribution in [-0.4, -0.2) is 4.98 Å². The Balaban J connectivity index is 2.63. The summed E-state index contributed by atoms with van der Waals surface area (Å²) in [6.45, 7) is 2.05. The molecule has 0 atom stereocenters. The predicted octanol–water partition coefficient (Wildman–Crippen LogP) is 3.29. The molecule has 1 aromatic carbocycles. The fraction of sp³-hybridized carbons (Fsp3) is 0.0833. The van der Waals surface area contributed by atoms with Gasteiger partial charge in [0.25, 0.3) is 0 Å². The van der Waals surface area contributed by atoms with Crippen LogP contribution in [0.4, 0.5) is 0 Å². The smallest absolute Gasteiger partial charge is 0.153 e. The normalized spacial score (nSPS) is 11.2. The molecule has 0 fully saturated rings. The molecule has 0 aliphatic carbocycles. The van der Waals surface area contributed by atoms with Gasteiger partial charge in [0.1, 0.15) is 11.1 Å². The zero-order valence-electron chi connectivity index (χ0n) is 7.82. The van der Waals surface area contributed by atoms with Crippen molar-refractivity contribution in [2.24, 2.45) is 0 Å². The first kappa shape index (κ1) is 7.56. The van der Waals surface area contributed by atoms with Gasteiger partial charge in [-0.05, 0) is 30.7 Å². The van der Waals surface area contributed by atoms with E-state index in [2.05, 4.69) is 4.98 Å². The number of benzene rings is 1. The summed E-state index contributed by atoms with van der Waals surface area (Å²) < 4.78 is 5.72. The van der Waals surface area contributed by atoms with Crippen molar-refractivity contribution >= 4 is 22.1 Å². The van der Waals surface area contributed by atoms with Gasteiger partial charge >= 0.3 is 0 Å². The average molecular weight is 183 g/mol. The molecule has 14 heavy (non-hydrogen) atoms. The molecule has 3 aromatic rings. The fourth-order valence-corrected chi connectivity index (χ4v) is 1.76. The maximum atomic E-state index is 5.72. The van der Waals surface area contributed by atoms with Crippen LogP contribution in [0.3, 0.4) is 0 Å². The first-order valence-corrected chi connectivity index (χ1v) is 4.59. The molecule has 0 radical (unpaired) electrons. The highest BCUT2D eigenvalue weighted by atomic mass is 16.3. The Hall–Kier alpha value is -1.83. The highest BCUT2D eigenvalue weighted by molar-refractivity contribution is 6.03. The van der Waals surface area contributed by atoms with E-state index in [0.717, 1.165) is 27.6 Å². The minimum atomic E-state index is 0.858. The van der Waals surface area contributed by atoms with E-state index in [4.69, 9.17) is 4.42 Å². The van der Waals surface area contributed by atoms with Gasteiger partial charge < -0.3 is 4.42 Å². The van der Waals surface area contributed by atoms with Crippen LogP contribution in [-0.2, 0) is 0 Å². The van der Waals surface area contributed by atoms with Crippen LogP contribution < -0.4 is 0 Å². The summed E-state index contributed by atoms with van der Waals surface area (Å²) >= 11 is 0. The second kappa shape index (κ2) is 2.58. The maximum absolute atomic E-state index is 5.72. The molecule has 0 spiro atoms. The molecule has 0 saturated heterocycles. The first-order chi connectivity index (χ1) is 6.86. The number of aromatic nitrogens is 1. The molecule has 0 bridgehead atoms. The second-order valence-corrected chi connectivity index (χ2v) is 3.40. The van der Waals surface area contributed by atoms with Crippen LogP contribution in [0.5, 0.6) is 0 Å². The van der Waals surface area contributed by atoms with Gasteiger partial charge in [-0.2, -0.15) is 0 Å². The third kappa shape index (κ3) is 0.880. The molecule has 2 heteroatoms. The summed E-state index contributed by atoms with van der Waals surface area (Å²) in [5.74, 6) is 0. The molecule has 3 rings (SSSR count). The summed E-state index contributed by atoms with van der Waals surface area (Å²) in [6, 6.07) is 9.95. The Morgan fingerprint density at radius 3 is 3.00 bits per heavy atom. The molecular formula is C12H9NO. The van der Waals surface area contributed by atoms with Gasteiger partial charge in [-0.3, -0.25) is 4.98 Å². The van der Waals surface area contributed by atoms with Gasteiger partial charge in [0, 0.05) is 11.6 Å². The highest BCUT2D eigenvalue weighted by Gasteiger charge is 2.07. The summed E-state index contributed by atoms with van der Waals surface area (Å²) in [6.07, 6.45) is 1.79. The Morgan fingerprint density at radius 1 is 1.14 bits per heavy atom. The second-order valence-electron chi connectivity index (χ2n) is 3.40. The number of fused-ring (bicyclic) bond motifs is 3. The fourth-order valence-electron chi connectivity index (χ4n) is 1.76. The quantitative estimate of drug-likeness (QED) is 0.534. The Labute approximate surface area is 81.2 Å². The molecular weight excluding hydrogens is 174 g/mol. The lowest BCUT2D eigenvalue weighted by Gasteiger charge is -1.91. The Kier molecular flexibility index (Phi) is 1.39. The number of rotatable bonds is 0. The number of furan rings is 1. The first-order valence-electron chi connectivity index (χ1n) is 4.59. The molecule has 0 saturated carbocycles. The van der Waals surface area contributed by atoms with E-state index < -0.39 is 0 Å². The van der Waals surface area contributed by atoms with Crippen LogP contribution in [0.15, 0.2) is 40.9 Å². The van der Waals surface area contributed by atoms with Crippen molar-refractivity contribution in [2.75, 3.05) is 0 Å². The molecule has 2 aromatic heterocycles. The number of nitrogens with zero attached hydrogens (tertiary/aromatic N) is 1. The topological polar surface area (TPSA) is 26.0 Å². The third-order valence-corrected chi connectivity index (χ3v) is 2.45. The van der Waals surface area contributed by atoms with E-state index in [1.165, 1.54) is 0 Å². The van der Waals surface area contributed by atoms with E-state index in [1.807, 2.05) is 37.3 Å². The van der Waals surface area contributed by atoms with Crippen LogP contribution in [0.1, 0.15) is 5.56 Å². The molecule has 68 valence electrons. The molecule has 0 aliphatic rings. The molecule has 0 N–H and O–H groups in total. The number of pyridine rings is 1. The van der Waals surface area contributed by atoms with Crippen molar-refractivity contribution in [3.8, 4) is 0 Å². The van der Waals surface area contributed by atoms with Crippen molar-refractivity contribution in [2.45, 2.75) is 6.92 Å². The van der Waals surface area contributed by atoms with E-state index in [-0.39, 0.29) is 0 Å². The van der Waals surface area contributed by atoms with Crippen molar-refractivity contribution in [1.82, 2.24) is 4.98 Å². The lowest BCUT2D eigenvalue weighted by Crippen LogP contribution is -1.73. The van der Waals surface area contributed by atoms with Crippen LogP contribution in [0.2, 0.25) is 0 Å². The largest absolute Gasteiger partial charge is 0.454 e.